The first-order valence-electron chi connectivity index (χ1n) is 3.70. The van der Waals surface area contributed by atoms with Crippen LogP contribution in [0.25, 0.3) is 0 Å². The van der Waals surface area contributed by atoms with Crippen LogP contribution in [-0.4, -0.2) is 18.2 Å². The zero-order valence-corrected chi connectivity index (χ0v) is 6.79. The molecule has 0 saturated carbocycles. The molecular weight excluding hydrogens is 140 g/mol. The van der Waals surface area contributed by atoms with E-state index in [9.17, 15) is 0 Å². The van der Waals surface area contributed by atoms with Gasteiger partial charge in [-0.25, -0.2) is 0 Å². The third-order valence-corrected chi connectivity index (χ3v) is 1.52. The topological polar surface area (TPSA) is 40.2 Å². The number of nitrogens with zero attached hydrogens (tertiary/aromatic N) is 1. The Morgan fingerprint density at radius 3 is 3.09 bits per heavy atom. The van der Waals surface area contributed by atoms with Crippen LogP contribution in [0, 0.1) is 0 Å². The van der Waals surface area contributed by atoms with Gasteiger partial charge in [0.2, 0.25) is 0 Å². The van der Waals surface area contributed by atoms with E-state index in [1.807, 2.05) is 10.8 Å². The Labute approximate surface area is 66.8 Å². The van der Waals surface area contributed by atoms with Gasteiger partial charge in [-0.2, -0.15) is 0 Å². The van der Waals surface area contributed by atoms with Crippen molar-refractivity contribution in [2.24, 2.45) is 5.73 Å². The summed E-state index contributed by atoms with van der Waals surface area (Å²) in [6.45, 7) is 1.32. The minimum absolute atomic E-state index is 0.616. The fourth-order valence-corrected chi connectivity index (χ4v) is 1.03. The largest absolute Gasteiger partial charge is 0.364 e. The Morgan fingerprint density at radius 2 is 2.45 bits per heavy atom. The predicted molar refractivity (Wildman–Crippen MR) is 44.2 cm³/mol. The molecule has 0 aliphatic heterocycles. The van der Waals surface area contributed by atoms with Gasteiger partial charge in [0.1, 0.15) is 6.73 Å². The molecule has 0 unspecified atom stereocenters. The number of hydrogen-bond acceptors (Lipinski definition) is 2. The van der Waals surface area contributed by atoms with Crippen LogP contribution < -0.4 is 5.73 Å². The monoisotopic (exact) mass is 154 g/mol. The highest BCUT2D eigenvalue weighted by atomic mass is 16.5. The third-order valence-electron chi connectivity index (χ3n) is 1.52. The van der Waals surface area contributed by atoms with Crippen LogP contribution in [0.15, 0.2) is 18.5 Å². The van der Waals surface area contributed by atoms with Crippen molar-refractivity contribution in [3.63, 3.8) is 0 Å². The fourth-order valence-electron chi connectivity index (χ4n) is 1.03. The first-order valence-corrected chi connectivity index (χ1v) is 3.70. The van der Waals surface area contributed by atoms with Gasteiger partial charge in [-0.05, 0) is 24.6 Å². The highest BCUT2D eigenvalue weighted by Crippen LogP contribution is 2.00. The Morgan fingerprint density at radius 1 is 1.64 bits per heavy atom. The van der Waals surface area contributed by atoms with E-state index >= 15 is 0 Å². The Balaban J connectivity index is 2.51. The molecule has 0 amide bonds. The lowest BCUT2D eigenvalue weighted by Gasteiger charge is -1.98. The summed E-state index contributed by atoms with van der Waals surface area (Å²) in [4.78, 5) is 0. The molecule has 1 aromatic heterocycles. The normalized spacial score (nSPS) is 10.4. The van der Waals surface area contributed by atoms with Crippen LogP contribution in [0.5, 0.6) is 0 Å². The molecule has 0 bridgehead atoms. The Hall–Kier alpha value is -0.800. The zero-order chi connectivity index (χ0) is 8.10. The molecule has 1 rings (SSSR count). The second-order valence-electron chi connectivity index (χ2n) is 2.49. The molecule has 0 fully saturated rings. The lowest BCUT2D eigenvalue weighted by atomic mass is 10.2. The molecule has 0 radical (unpaired) electrons. The minimum Gasteiger partial charge on any atom is -0.364 e. The van der Waals surface area contributed by atoms with Crippen LogP contribution >= 0.6 is 0 Å². The summed E-state index contributed by atoms with van der Waals surface area (Å²) in [5, 5.41) is 0. The van der Waals surface area contributed by atoms with Crippen LogP contribution in [0.4, 0.5) is 0 Å². The molecule has 2 N–H and O–H groups in total. The van der Waals surface area contributed by atoms with E-state index in [-0.39, 0.29) is 0 Å². The average Bonchev–Trinajstić information content (AvgIpc) is 2.38. The molecule has 11 heavy (non-hydrogen) atoms. The van der Waals surface area contributed by atoms with Crippen molar-refractivity contribution in [3.8, 4) is 0 Å². The van der Waals surface area contributed by atoms with Gasteiger partial charge in [-0.1, -0.05) is 0 Å². The smallest absolute Gasteiger partial charge is 0.121 e. The summed E-state index contributed by atoms with van der Waals surface area (Å²) in [6, 6.07) is 2.06. The second-order valence-corrected chi connectivity index (χ2v) is 2.49. The van der Waals surface area contributed by atoms with Crippen LogP contribution in [-0.2, 0) is 17.9 Å². The molecule has 0 atom stereocenters. The molecule has 3 nitrogen and oxygen atoms in total. The standard InChI is InChI=1S/C8H14N2O/c1-11-7-10-5-3-8(6-10)2-4-9/h3,5-6H,2,4,7,9H2,1H3. The average molecular weight is 154 g/mol. The summed E-state index contributed by atoms with van der Waals surface area (Å²) in [5.74, 6) is 0. The van der Waals surface area contributed by atoms with Crippen molar-refractivity contribution >= 4 is 0 Å². The number of hydrogen-bond donors (Lipinski definition) is 1. The third kappa shape index (κ3) is 2.37. The van der Waals surface area contributed by atoms with Gasteiger partial charge < -0.3 is 15.0 Å². The summed E-state index contributed by atoms with van der Waals surface area (Å²) >= 11 is 0. The first-order chi connectivity index (χ1) is 5.36. The van der Waals surface area contributed by atoms with Gasteiger partial charge >= 0.3 is 0 Å². The minimum atomic E-state index is 0.616. The van der Waals surface area contributed by atoms with Gasteiger partial charge in [0.15, 0.2) is 0 Å². The van der Waals surface area contributed by atoms with Crippen LogP contribution in [0.1, 0.15) is 5.56 Å². The fraction of sp³-hybridized carbons (Fsp3) is 0.500. The summed E-state index contributed by atoms with van der Waals surface area (Å²) < 4.78 is 6.94. The molecule has 0 saturated heterocycles. The predicted octanol–water partition coefficient (Wildman–Crippen LogP) is 0.593. The van der Waals surface area contributed by atoms with Crippen LogP contribution in [0.2, 0.25) is 0 Å². The van der Waals surface area contributed by atoms with Crippen molar-refractivity contribution in [1.29, 1.82) is 0 Å². The van der Waals surface area contributed by atoms with E-state index in [4.69, 9.17) is 10.5 Å². The number of ether oxygens (including phenoxy) is 1. The van der Waals surface area contributed by atoms with E-state index in [0.717, 1.165) is 6.42 Å². The molecule has 3 heteroatoms. The van der Waals surface area contributed by atoms with Crippen molar-refractivity contribution in [3.05, 3.63) is 24.0 Å². The summed E-state index contributed by atoms with van der Waals surface area (Å²) in [7, 11) is 1.68. The van der Waals surface area contributed by atoms with Crippen molar-refractivity contribution in [2.75, 3.05) is 13.7 Å². The maximum atomic E-state index is 5.40. The van der Waals surface area contributed by atoms with Crippen molar-refractivity contribution in [1.82, 2.24) is 4.57 Å². The van der Waals surface area contributed by atoms with Gasteiger partial charge in [0.05, 0.1) is 0 Å². The van der Waals surface area contributed by atoms with Gasteiger partial charge in [-0.15, -0.1) is 0 Å². The number of rotatable bonds is 4. The summed E-state index contributed by atoms with van der Waals surface area (Å²) in [6.07, 6.45) is 4.99. The van der Waals surface area contributed by atoms with E-state index in [1.165, 1.54) is 5.56 Å². The van der Waals surface area contributed by atoms with Gasteiger partial charge in [0, 0.05) is 19.5 Å². The van der Waals surface area contributed by atoms with Crippen molar-refractivity contribution in [2.45, 2.75) is 13.2 Å². The molecule has 0 aliphatic carbocycles. The number of aromatic nitrogens is 1. The second kappa shape index (κ2) is 4.16. The first kappa shape index (κ1) is 8.30. The quantitative estimate of drug-likeness (QED) is 0.689. The molecule has 1 aromatic rings. The SMILES string of the molecule is COCn1ccc(CCN)c1. The number of methoxy groups -OCH3 is 1. The van der Waals surface area contributed by atoms with Crippen LogP contribution in [0.3, 0.4) is 0 Å². The summed E-state index contributed by atoms with van der Waals surface area (Å²) in [5.41, 5.74) is 6.67. The highest BCUT2D eigenvalue weighted by Gasteiger charge is 1.93. The number of nitrogens with two attached hydrogens (primary N) is 1. The Kier molecular flexibility index (Phi) is 3.14. The van der Waals surface area contributed by atoms with E-state index in [2.05, 4.69) is 12.3 Å². The molecule has 0 aliphatic rings. The molecule has 1 heterocycles. The van der Waals surface area contributed by atoms with E-state index < -0.39 is 0 Å². The zero-order valence-electron chi connectivity index (χ0n) is 6.79. The maximum Gasteiger partial charge on any atom is 0.121 e. The van der Waals surface area contributed by atoms with E-state index in [1.54, 1.807) is 7.11 Å². The van der Waals surface area contributed by atoms with Gasteiger partial charge in [-0.3, -0.25) is 0 Å². The molecule has 0 aromatic carbocycles. The van der Waals surface area contributed by atoms with Gasteiger partial charge in [0.25, 0.3) is 0 Å². The molecular formula is C8H14N2O. The van der Waals surface area contributed by atoms with Crippen molar-refractivity contribution < 1.29 is 4.74 Å². The maximum absolute atomic E-state index is 5.40. The lowest BCUT2D eigenvalue weighted by molar-refractivity contribution is 0.131. The molecule has 62 valence electrons. The lowest BCUT2D eigenvalue weighted by Crippen LogP contribution is -2.02. The van der Waals surface area contributed by atoms with E-state index in [0.29, 0.717) is 13.3 Å². The Bertz CT molecular complexity index is 187. The molecule has 0 spiro atoms. The highest BCUT2D eigenvalue weighted by molar-refractivity contribution is 5.10.